The van der Waals surface area contributed by atoms with Gasteiger partial charge in [-0.05, 0) is 43.5 Å². The first-order valence-electron chi connectivity index (χ1n) is 10.4. The van der Waals surface area contributed by atoms with E-state index in [1.54, 1.807) is 0 Å². The minimum Gasteiger partial charge on any atom is -0.322 e. The minimum absolute atomic E-state index is 0.0247. The molecule has 3 aliphatic rings. The molecule has 0 unspecified atom stereocenters. The number of carbonyl (C=O) groups is 2. The molecule has 2 saturated heterocycles. The van der Waals surface area contributed by atoms with E-state index >= 15 is 0 Å². The van der Waals surface area contributed by atoms with Crippen molar-refractivity contribution in [3.05, 3.63) is 24.3 Å². The lowest BCUT2D eigenvalue weighted by molar-refractivity contribution is -0.117. The molecule has 6 heteroatoms. The Labute approximate surface area is 161 Å². The smallest absolute Gasteiger partial charge is 0.321 e. The summed E-state index contributed by atoms with van der Waals surface area (Å²) in [4.78, 5) is 30.7. The fraction of sp³-hybridized carbons (Fsp3) is 0.619. The van der Waals surface area contributed by atoms with Gasteiger partial charge in [0.15, 0.2) is 0 Å². The van der Waals surface area contributed by atoms with Crippen LogP contribution in [0.15, 0.2) is 24.3 Å². The predicted octanol–water partition coefficient (Wildman–Crippen LogP) is 3.30. The molecule has 2 heterocycles. The summed E-state index contributed by atoms with van der Waals surface area (Å²) in [5.41, 5.74) is 1.70. The van der Waals surface area contributed by atoms with E-state index in [1.807, 2.05) is 34.1 Å². The summed E-state index contributed by atoms with van der Waals surface area (Å²) in [5.74, 6) is 0.183. The van der Waals surface area contributed by atoms with E-state index in [2.05, 4.69) is 10.2 Å². The van der Waals surface area contributed by atoms with Gasteiger partial charge in [0.25, 0.3) is 0 Å². The molecule has 1 aromatic rings. The maximum absolute atomic E-state index is 12.6. The molecule has 1 saturated carbocycles. The van der Waals surface area contributed by atoms with E-state index in [4.69, 9.17) is 0 Å². The van der Waals surface area contributed by atoms with Crippen LogP contribution in [0.3, 0.4) is 0 Å². The SMILES string of the molecule is O=C(Nc1ccc(N2CCCC2=O)cc1)N1CCN(C2CCCCC2)CC1. The van der Waals surface area contributed by atoms with Crippen LogP contribution in [-0.4, -0.2) is 60.5 Å². The zero-order valence-corrected chi connectivity index (χ0v) is 16.0. The van der Waals surface area contributed by atoms with Crippen LogP contribution in [0.5, 0.6) is 0 Å². The third kappa shape index (κ3) is 4.26. The number of nitrogens with zero attached hydrogens (tertiary/aromatic N) is 3. The van der Waals surface area contributed by atoms with Crippen molar-refractivity contribution in [2.75, 3.05) is 42.9 Å². The fourth-order valence-corrected chi connectivity index (χ4v) is 4.58. The second-order valence-corrected chi connectivity index (χ2v) is 7.94. The highest BCUT2D eigenvalue weighted by molar-refractivity contribution is 5.96. The standard InChI is InChI=1S/C21H30N4O2/c26-20-7-4-12-25(20)19-10-8-17(9-11-19)22-21(27)24-15-13-23(14-16-24)18-5-2-1-3-6-18/h8-11,18H,1-7,12-16H2,(H,22,27). The highest BCUT2D eigenvalue weighted by Gasteiger charge is 2.27. The number of urea groups is 1. The molecular weight excluding hydrogens is 340 g/mol. The third-order valence-electron chi connectivity index (χ3n) is 6.20. The van der Waals surface area contributed by atoms with Crippen molar-refractivity contribution in [1.29, 1.82) is 0 Å². The summed E-state index contributed by atoms with van der Waals surface area (Å²) in [6.45, 7) is 4.34. The zero-order chi connectivity index (χ0) is 18.6. The average Bonchev–Trinajstić information content (AvgIpc) is 3.15. The Hall–Kier alpha value is -2.08. The molecule has 0 radical (unpaired) electrons. The van der Waals surface area contributed by atoms with Crippen molar-refractivity contribution >= 4 is 23.3 Å². The van der Waals surface area contributed by atoms with Crippen LogP contribution in [0.2, 0.25) is 0 Å². The Morgan fingerprint density at radius 1 is 0.889 bits per heavy atom. The third-order valence-corrected chi connectivity index (χ3v) is 6.20. The maximum atomic E-state index is 12.6. The van der Waals surface area contributed by atoms with Gasteiger partial charge in [0.1, 0.15) is 0 Å². The normalized spacial score (nSPS) is 22.3. The quantitative estimate of drug-likeness (QED) is 0.888. The largest absolute Gasteiger partial charge is 0.322 e. The molecule has 27 heavy (non-hydrogen) atoms. The lowest BCUT2D eigenvalue weighted by Gasteiger charge is -2.40. The van der Waals surface area contributed by atoms with Crippen LogP contribution in [0.25, 0.3) is 0 Å². The van der Waals surface area contributed by atoms with Gasteiger partial charge < -0.3 is 15.1 Å². The molecule has 2 aliphatic heterocycles. The van der Waals surface area contributed by atoms with Gasteiger partial charge in [-0.2, -0.15) is 0 Å². The molecule has 3 fully saturated rings. The van der Waals surface area contributed by atoms with Crippen molar-refractivity contribution < 1.29 is 9.59 Å². The van der Waals surface area contributed by atoms with Crippen LogP contribution in [0, 0.1) is 0 Å². The lowest BCUT2D eigenvalue weighted by atomic mass is 9.94. The fourth-order valence-electron chi connectivity index (χ4n) is 4.58. The average molecular weight is 370 g/mol. The van der Waals surface area contributed by atoms with Gasteiger partial charge in [0.2, 0.25) is 5.91 Å². The number of carbonyl (C=O) groups excluding carboxylic acids is 2. The summed E-state index contributed by atoms with van der Waals surface area (Å²) < 4.78 is 0. The van der Waals surface area contributed by atoms with E-state index in [9.17, 15) is 9.59 Å². The molecule has 3 amide bonds. The molecule has 0 atom stereocenters. The summed E-state index contributed by atoms with van der Waals surface area (Å²) >= 11 is 0. The summed E-state index contributed by atoms with van der Waals surface area (Å²) in [6.07, 6.45) is 8.27. The minimum atomic E-state index is -0.0247. The van der Waals surface area contributed by atoms with Gasteiger partial charge >= 0.3 is 6.03 Å². The monoisotopic (exact) mass is 370 g/mol. The predicted molar refractivity (Wildman–Crippen MR) is 107 cm³/mol. The van der Waals surface area contributed by atoms with E-state index in [0.29, 0.717) is 6.42 Å². The molecule has 0 spiro atoms. The van der Waals surface area contributed by atoms with E-state index in [-0.39, 0.29) is 11.9 Å². The highest BCUT2D eigenvalue weighted by atomic mass is 16.2. The number of hydrogen-bond acceptors (Lipinski definition) is 3. The first-order valence-corrected chi connectivity index (χ1v) is 10.4. The molecule has 6 nitrogen and oxygen atoms in total. The topological polar surface area (TPSA) is 55.9 Å². The van der Waals surface area contributed by atoms with Crippen LogP contribution >= 0.6 is 0 Å². The summed E-state index contributed by atoms with van der Waals surface area (Å²) in [5, 5.41) is 3.00. The van der Waals surface area contributed by atoms with Gasteiger partial charge in [-0.1, -0.05) is 19.3 Å². The van der Waals surface area contributed by atoms with Crippen molar-refractivity contribution in [2.24, 2.45) is 0 Å². The first kappa shape index (κ1) is 18.3. The number of anilines is 2. The van der Waals surface area contributed by atoms with E-state index in [0.717, 1.165) is 56.6 Å². The van der Waals surface area contributed by atoms with Crippen molar-refractivity contribution in [3.8, 4) is 0 Å². The Morgan fingerprint density at radius 2 is 1.59 bits per heavy atom. The molecule has 0 aromatic heterocycles. The number of piperazine rings is 1. The molecule has 1 N–H and O–H groups in total. The maximum Gasteiger partial charge on any atom is 0.321 e. The molecular formula is C21H30N4O2. The van der Waals surface area contributed by atoms with Gasteiger partial charge in [0, 0.05) is 56.6 Å². The van der Waals surface area contributed by atoms with Crippen molar-refractivity contribution in [2.45, 2.75) is 51.0 Å². The number of nitrogens with one attached hydrogen (secondary N) is 1. The molecule has 1 aromatic carbocycles. The molecule has 4 rings (SSSR count). The van der Waals surface area contributed by atoms with Gasteiger partial charge in [0.05, 0.1) is 0 Å². The number of rotatable bonds is 3. The Balaban J connectivity index is 1.27. The van der Waals surface area contributed by atoms with E-state index < -0.39 is 0 Å². The number of benzene rings is 1. The first-order chi connectivity index (χ1) is 13.2. The number of amides is 3. The summed E-state index contributed by atoms with van der Waals surface area (Å²) in [7, 11) is 0. The zero-order valence-electron chi connectivity index (χ0n) is 16.0. The van der Waals surface area contributed by atoms with Gasteiger partial charge in [-0.3, -0.25) is 9.69 Å². The second kappa shape index (κ2) is 8.30. The Kier molecular flexibility index (Phi) is 5.62. The lowest BCUT2D eigenvalue weighted by Crippen LogP contribution is -2.53. The Morgan fingerprint density at radius 3 is 2.22 bits per heavy atom. The highest BCUT2D eigenvalue weighted by Crippen LogP contribution is 2.25. The van der Waals surface area contributed by atoms with Crippen molar-refractivity contribution in [3.63, 3.8) is 0 Å². The van der Waals surface area contributed by atoms with E-state index in [1.165, 1.54) is 32.1 Å². The van der Waals surface area contributed by atoms with Crippen molar-refractivity contribution in [1.82, 2.24) is 9.80 Å². The van der Waals surface area contributed by atoms with Gasteiger partial charge in [-0.25, -0.2) is 4.79 Å². The second-order valence-electron chi connectivity index (χ2n) is 7.94. The molecule has 146 valence electrons. The van der Waals surface area contributed by atoms with Crippen LogP contribution in [0.1, 0.15) is 44.9 Å². The summed E-state index contributed by atoms with van der Waals surface area (Å²) in [6, 6.07) is 8.31. The molecule has 0 bridgehead atoms. The molecule has 1 aliphatic carbocycles. The number of hydrogen-bond donors (Lipinski definition) is 1. The Bertz CT molecular complexity index is 661. The van der Waals surface area contributed by atoms with Crippen LogP contribution < -0.4 is 10.2 Å². The van der Waals surface area contributed by atoms with Crippen LogP contribution in [0.4, 0.5) is 16.2 Å². The van der Waals surface area contributed by atoms with Crippen LogP contribution in [-0.2, 0) is 4.79 Å². The van der Waals surface area contributed by atoms with Gasteiger partial charge in [-0.15, -0.1) is 0 Å².